The highest BCUT2D eigenvalue weighted by molar-refractivity contribution is 4.46. The summed E-state index contributed by atoms with van der Waals surface area (Å²) in [6.07, 6.45) is 0.201. The van der Waals surface area contributed by atoms with Gasteiger partial charge in [0, 0.05) is 0 Å². The maximum absolute atomic E-state index is 8.46. The molecule has 0 fully saturated rings. The van der Waals surface area contributed by atoms with Gasteiger partial charge in [-0.25, -0.2) is 0 Å². The second-order valence-corrected chi connectivity index (χ2v) is 2.18. The largest absolute Gasteiger partial charge is 0.394 e. The second-order valence-electron chi connectivity index (χ2n) is 2.18. The normalized spacial score (nSPS) is 14.6. The predicted octanol–water partition coefficient (Wildman–Crippen LogP) is 0.792. The van der Waals surface area contributed by atoms with Crippen LogP contribution in [0.4, 0.5) is 0 Å². The van der Waals surface area contributed by atoms with Crippen LogP contribution in [0.3, 0.4) is 0 Å². The Kier molecular flexibility index (Phi) is 3.83. The molecule has 0 bridgehead atoms. The smallest absolute Gasteiger partial charge is 0.0781 e. The Balaban J connectivity index is 3.10. The van der Waals surface area contributed by atoms with Crippen LogP contribution in [0, 0.1) is 0 Å². The van der Waals surface area contributed by atoms with Crippen LogP contribution in [-0.4, -0.2) is 23.9 Å². The molecule has 0 saturated heterocycles. The first-order chi connectivity index (χ1) is 3.66. The Bertz CT molecular complexity index is 52.5. The summed E-state index contributed by atoms with van der Waals surface area (Å²) in [5.74, 6) is 0. The Morgan fingerprint density at radius 3 is 2.00 bits per heavy atom. The van der Waals surface area contributed by atoms with E-state index in [0.29, 0.717) is 0 Å². The Hall–Kier alpha value is -0.0800. The van der Waals surface area contributed by atoms with Crippen molar-refractivity contribution >= 4 is 0 Å². The van der Waals surface area contributed by atoms with Gasteiger partial charge in [-0.05, 0) is 20.8 Å². The molecule has 0 aliphatic heterocycles. The first kappa shape index (κ1) is 7.92. The molecule has 1 N–H and O–H groups in total. The van der Waals surface area contributed by atoms with Gasteiger partial charge in [-0.1, -0.05) is 0 Å². The first-order valence-corrected chi connectivity index (χ1v) is 2.93. The lowest BCUT2D eigenvalue weighted by Crippen LogP contribution is -2.17. The molecule has 1 atom stereocenters. The quantitative estimate of drug-likeness (QED) is 0.593. The van der Waals surface area contributed by atoms with Crippen LogP contribution in [0.2, 0.25) is 0 Å². The molecule has 2 heteroatoms. The van der Waals surface area contributed by atoms with Crippen molar-refractivity contribution < 1.29 is 9.84 Å². The standard InChI is InChI=1S/C6H14O2/c1-5(2)8-6(3)4-7/h5-7H,4H2,1-3H3. The SMILES string of the molecule is CC(C)OC(C)CO. The van der Waals surface area contributed by atoms with E-state index in [1.165, 1.54) is 0 Å². The van der Waals surface area contributed by atoms with E-state index in [9.17, 15) is 0 Å². The van der Waals surface area contributed by atoms with Gasteiger partial charge in [0.1, 0.15) is 0 Å². The van der Waals surface area contributed by atoms with Gasteiger partial charge in [-0.3, -0.25) is 0 Å². The Morgan fingerprint density at radius 2 is 1.88 bits per heavy atom. The van der Waals surface area contributed by atoms with E-state index in [4.69, 9.17) is 9.84 Å². The van der Waals surface area contributed by atoms with E-state index >= 15 is 0 Å². The number of rotatable bonds is 3. The van der Waals surface area contributed by atoms with Crippen LogP contribution in [0.5, 0.6) is 0 Å². The highest BCUT2D eigenvalue weighted by Gasteiger charge is 2.00. The molecule has 0 radical (unpaired) electrons. The monoisotopic (exact) mass is 118 g/mol. The van der Waals surface area contributed by atoms with Crippen LogP contribution in [0.15, 0.2) is 0 Å². The van der Waals surface area contributed by atoms with E-state index in [1.54, 1.807) is 0 Å². The number of ether oxygens (including phenoxy) is 1. The van der Waals surface area contributed by atoms with Gasteiger partial charge >= 0.3 is 0 Å². The Morgan fingerprint density at radius 1 is 1.38 bits per heavy atom. The van der Waals surface area contributed by atoms with E-state index in [1.807, 2.05) is 20.8 Å². The molecule has 0 heterocycles. The number of aliphatic hydroxyl groups is 1. The minimum Gasteiger partial charge on any atom is -0.394 e. The molecule has 0 aliphatic rings. The van der Waals surface area contributed by atoms with E-state index in [2.05, 4.69) is 0 Å². The molecule has 2 nitrogen and oxygen atoms in total. The third-order valence-corrected chi connectivity index (χ3v) is 0.762. The first-order valence-electron chi connectivity index (χ1n) is 2.93. The third kappa shape index (κ3) is 4.09. The van der Waals surface area contributed by atoms with Crippen LogP contribution >= 0.6 is 0 Å². The van der Waals surface area contributed by atoms with Crippen molar-refractivity contribution in [1.29, 1.82) is 0 Å². The molecular weight excluding hydrogens is 104 g/mol. The molecule has 0 rings (SSSR count). The molecule has 0 aliphatic carbocycles. The molecule has 50 valence electrons. The predicted molar refractivity (Wildman–Crippen MR) is 32.8 cm³/mol. The fraction of sp³-hybridized carbons (Fsp3) is 1.00. The summed E-state index contributed by atoms with van der Waals surface area (Å²) in [6, 6.07) is 0. The van der Waals surface area contributed by atoms with Gasteiger partial charge in [0.15, 0.2) is 0 Å². The Labute approximate surface area is 50.5 Å². The molecule has 0 aromatic rings. The molecule has 0 amide bonds. The van der Waals surface area contributed by atoms with Crippen LogP contribution in [0.1, 0.15) is 20.8 Å². The van der Waals surface area contributed by atoms with Crippen molar-refractivity contribution in [3.63, 3.8) is 0 Å². The summed E-state index contributed by atoms with van der Waals surface area (Å²) in [4.78, 5) is 0. The molecule has 0 aromatic heterocycles. The van der Waals surface area contributed by atoms with Crippen molar-refractivity contribution in [2.75, 3.05) is 6.61 Å². The van der Waals surface area contributed by atoms with Gasteiger partial charge < -0.3 is 9.84 Å². The van der Waals surface area contributed by atoms with Gasteiger partial charge in [-0.2, -0.15) is 0 Å². The number of hydrogen-bond donors (Lipinski definition) is 1. The summed E-state index contributed by atoms with van der Waals surface area (Å²) in [6.45, 7) is 5.86. The maximum Gasteiger partial charge on any atom is 0.0781 e. The summed E-state index contributed by atoms with van der Waals surface area (Å²) in [5.41, 5.74) is 0. The van der Waals surface area contributed by atoms with Gasteiger partial charge in [0.2, 0.25) is 0 Å². The maximum atomic E-state index is 8.46. The number of hydrogen-bond acceptors (Lipinski definition) is 2. The topological polar surface area (TPSA) is 29.5 Å². The minimum atomic E-state index is -0.0185. The highest BCUT2D eigenvalue weighted by atomic mass is 16.5. The zero-order valence-corrected chi connectivity index (χ0v) is 5.72. The van der Waals surface area contributed by atoms with Crippen LogP contribution < -0.4 is 0 Å². The van der Waals surface area contributed by atoms with Crippen LogP contribution in [0.25, 0.3) is 0 Å². The van der Waals surface area contributed by atoms with Crippen molar-refractivity contribution in [2.45, 2.75) is 33.0 Å². The highest BCUT2D eigenvalue weighted by Crippen LogP contribution is 1.94. The molecule has 0 spiro atoms. The summed E-state index contributed by atoms with van der Waals surface area (Å²) >= 11 is 0. The average molecular weight is 118 g/mol. The molecule has 8 heavy (non-hydrogen) atoms. The fourth-order valence-electron chi connectivity index (χ4n) is 0.508. The lowest BCUT2D eigenvalue weighted by Gasteiger charge is -2.12. The van der Waals surface area contributed by atoms with Crippen LogP contribution in [-0.2, 0) is 4.74 Å². The molecule has 0 aromatic carbocycles. The van der Waals surface area contributed by atoms with Gasteiger partial charge in [0.25, 0.3) is 0 Å². The van der Waals surface area contributed by atoms with E-state index < -0.39 is 0 Å². The summed E-state index contributed by atoms with van der Waals surface area (Å²) in [7, 11) is 0. The van der Waals surface area contributed by atoms with Gasteiger partial charge in [0.05, 0.1) is 18.8 Å². The average Bonchev–Trinajstić information content (AvgIpc) is 1.65. The van der Waals surface area contributed by atoms with E-state index in [-0.39, 0.29) is 18.8 Å². The third-order valence-electron chi connectivity index (χ3n) is 0.762. The van der Waals surface area contributed by atoms with Crippen molar-refractivity contribution in [3.8, 4) is 0 Å². The minimum absolute atomic E-state index is 0.0185. The van der Waals surface area contributed by atoms with Crippen molar-refractivity contribution in [1.82, 2.24) is 0 Å². The van der Waals surface area contributed by atoms with Crippen molar-refractivity contribution in [2.24, 2.45) is 0 Å². The second kappa shape index (κ2) is 3.87. The van der Waals surface area contributed by atoms with Crippen molar-refractivity contribution in [3.05, 3.63) is 0 Å². The molecular formula is C6H14O2. The zero-order chi connectivity index (χ0) is 6.57. The molecule has 1 unspecified atom stereocenters. The zero-order valence-electron chi connectivity index (χ0n) is 5.72. The molecule has 0 saturated carbocycles. The lowest BCUT2D eigenvalue weighted by atomic mass is 10.4. The number of aliphatic hydroxyl groups excluding tert-OH is 1. The summed E-state index contributed by atoms with van der Waals surface area (Å²) in [5, 5.41) is 8.46. The van der Waals surface area contributed by atoms with E-state index in [0.717, 1.165) is 0 Å². The van der Waals surface area contributed by atoms with Gasteiger partial charge in [-0.15, -0.1) is 0 Å². The fourth-order valence-corrected chi connectivity index (χ4v) is 0.508. The summed E-state index contributed by atoms with van der Waals surface area (Å²) < 4.78 is 5.15. The lowest BCUT2D eigenvalue weighted by molar-refractivity contribution is -0.0121.